The normalized spacial score (nSPS) is 23.9. The fraction of sp³-hybridized carbons (Fsp3) is 0.594. The van der Waals surface area contributed by atoms with Crippen molar-refractivity contribution >= 4 is 5.97 Å². The van der Waals surface area contributed by atoms with Crippen LogP contribution >= 0.6 is 0 Å². The van der Waals surface area contributed by atoms with Gasteiger partial charge in [0.2, 0.25) is 0 Å². The molecule has 3 nitrogen and oxygen atoms in total. The fourth-order valence-electron chi connectivity index (χ4n) is 6.62. The van der Waals surface area contributed by atoms with Crippen LogP contribution in [0.2, 0.25) is 0 Å². The Morgan fingerprint density at radius 3 is 2.66 bits per heavy atom. The quantitative estimate of drug-likeness (QED) is 0.232. The van der Waals surface area contributed by atoms with E-state index in [0.29, 0.717) is 0 Å². The fourth-order valence-corrected chi connectivity index (χ4v) is 6.62. The number of fused-ring (bicyclic) bond motifs is 2. The number of unbranched alkanes of at least 4 members (excludes halogenated alkanes) is 2. The molecule has 2 aromatic carbocycles. The molecule has 0 saturated heterocycles. The Kier molecular flexibility index (Phi) is 9.29. The molecule has 1 saturated carbocycles. The average molecular weight is 477 g/mol. The maximum atomic E-state index is 12.3. The molecule has 190 valence electrons. The number of esters is 1. The van der Waals surface area contributed by atoms with Crippen LogP contribution in [0, 0.1) is 29.6 Å². The number of rotatable bonds is 12. The van der Waals surface area contributed by atoms with Gasteiger partial charge in [-0.05, 0) is 78.0 Å². The molecule has 2 aliphatic carbocycles. The Morgan fingerprint density at radius 2 is 1.86 bits per heavy atom. The third-order valence-corrected chi connectivity index (χ3v) is 8.59. The minimum Gasteiger partial charge on any atom is -0.482 e. The Balaban J connectivity index is 1.31. The van der Waals surface area contributed by atoms with Gasteiger partial charge in [0, 0.05) is 0 Å². The van der Waals surface area contributed by atoms with Gasteiger partial charge in [-0.1, -0.05) is 95.3 Å². The van der Waals surface area contributed by atoms with Crippen molar-refractivity contribution in [3.8, 4) is 5.75 Å². The van der Waals surface area contributed by atoms with E-state index < -0.39 is 0 Å². The summed E-state index contributed by atoms with van der Waals surface area (Å²) in [5.41, 5.74) is 3.74. The van der Waals surface area contributed by atoms with Crippen molar-refractivity contribution in [2.24, 2.45) is 29.6 Å². The molecule has 0 heterocycles. The topological polar surface area (TPSA) is 35.5 Å². The van der Waals surface area contributed by atoms with E-state index in [1.165, 1.54) is 56.1 Å². The molecule has 0 amide bonds. The lowest BCUT2D eigenvalue weighted by Gasteiger charge is -2.33. The van der Waals surface area contributed by atoms with E-state index >= 15 is 0 Å². The molecule has 0 radical (unpaired) electrons. The molecule has 1 fully saturated rings. The monoisotopic (exact) mass is 476 g/mol. The lowest BCUT2D eigenvalue weighted by molar-refractivity contribution is -0.147. The van der Waals surface area contributed by atoms with Crippen molar-refractivity contribution in [1.82, 2.24) is 0 Å². The summed E-state index contributed by atoms with van der Waals surface area (Å²) in [6.45, 7) is 7.48. The maximum absolute atomic E-state index is 12.3. The highest BCUT2D eigenvalue weighted by molar-refractivity contribution is 5.71. The second kappa shape index (κ2) is 12.6. The Labute approximate surface area is 212 Å². The highest BCUT2D eigenvalue weighted by atomic mass is 16.6. The van der Waals surface area contributed by atoms with Gasteiger partial charge in [0.25, 0.3) is 0 Å². The van der Waals surface area contributed by atoms with Crippen LogP contribution in [-0.4, -0.2) is 12.6 Å². The lowest BCUT2D eigenvalue weighted by Crippen LogP contribution is -2.27. The van der Waals surface area contributed by atoms with Crippen molar-refractivity contribution in [1.29, 1.82) is 0 Å². The molecule has 0 aromatic heterocycles. The van der Waals surface area contributed by atoms with Gasteiger partial charge in [-0.25, -0.2) is 4.79 Å². The van der Waals surface area contributed by atoms with Crippen LogP contribution in [0.5, 0.6) is 5.75 Å². The van der Waals surface area contributed by atoms with Gasteiger partial charge in [0.15, 0.2) is 6.61 Å². The maximum Gasteiger partial charge on any atom is 0.344 e. The van der Waals surface area contributed by atoms with E-state index in [9.17, 15) is 4.79 Å². The van der Waals surface area contributed by atoms with Crippen LogP contribution < -0.4 is 4.74 Å². The van der Waals surface area contributed by atoms with E-state index in [0.717, 1.165) is 53.7 Å². The van der Waals surface area contributed by atoms with Crippen LogP contribution in [0.15, 0.2) is 48.5 Å². The van der Waals surface area contributed by atoms with Crippen molar-refractivity contribution in [2.45, 2.75) is 85.2 Å². The molecule has 5 atom stereocenters. The minimum absolute atomic E-state index is 0.0354. The number of ether oxygens (including phenoxy) is 2. The standard InChI is InChI=1S/C32H44O3/c1-4-5-7-11-23(2)16-17-28-24(3)18-27-20-30-26(19-29(27)28)14-10-15-31(30)34-22-32(33)35-21-25-12-8-6-9-13-25/h6,8-10,12-15,23-24,27-29H,4-5,7,11,16-22H2,1-3H3. The van der Waals surface area contributed by atoms with Crippen LogP contribution in [0.3, 0.4) is 0 Å². The van der Waals surface area contributed by atoms with Gasteiger partial charge in [-0.2, -0.15) is 0 Å². The lowest BCUT2D eigenvalue weighted by atomic mass is 9.73. The average Bonchev–Trinajstić information content (AvgIpc) is 3.18. The molecule has 0 bridgehead atoms. The molecule has 2 aromatic rings. The minimum atomic E-state index is -0.317. The van der Waals surface area contributed by atoms with E-state index in [-0.39, 0.29) is 19.2 Å². The summed E-state index contributed by atoms with van der Waals surface area (Å²) in [5, 5.41) is 0. The highest BCUT2D eigenvalue weighted by Gasteiger charge is 2.43. The molecule has 5 unspecified atom stereocenters. The van der Waals surface area contributed by atoms with Crippen LogP contribution in [0.25, 0.3) is 0 Å². The number of benzene rings is 2. The molecular weight excluding hydrogens is 432 g/mol. The van der Waals surface area contributed by atoms with Gasteiger partial charge in [0.1, 0.15) is 12.4 Å². The van der Waals surface area contributed by atoms with Crippen LogP contribution in [0.1, 0.15) is 82.4 Å². The molecular formula is C32H44O3. The van der Waals surface area contributed by atoms with Crippen molar-refractivity contribution in [3.05, 3.63) is 65.2 Å². The summed E-state index contributed by atoms with van der Waals surface area (Å²) >= 11 is 0. The van der Waals surface area contributed by atoms with Crippen molar-refractivity contribution < 1.29 is 14.3 Å². The Bertz CT molecular complexity index is 937. The van der Waals surface area contributed by atoms with E-state index in [1.807, 2.05) is 36.4 Å². The first kappa shape index (κ1) is 25.8. The smallest absolute Gasteiger partial charge is 0.344 e. The van der Waals surface area contributed by atoms with Gasteiger partial charge in [0.05, 0.1) is 0 Å². The summed E-state index contributed by atoms with van der Waals surface area (Å²) in [7, 11) is 0. The number of carbonyl (C=O) groups is 1. The third-order valence-electron chi connectivity index (χ3n) is 8.59. The summed E-state index contributed by atoms with van der Waals surface area (Å²) < 4.78 is 11.4. The molecule has 2 aliphatic rings. The predicted octanol–water partition coefficient (Wildman–Crippen LogP) is 7.79. The zero-order valence-electron chi connectivity index (χ0n) is 22.0. The van der Waals surface area contributed by atoms with E-state index in [1.54, 1.807) is 0 Å². The number of hydrogen-bond acceptors (Lipinski definition) is 3. The largest absolute Gasteiger partial charge is 0.482 e. The third kappa shape index (κ3) is 6.90. The summed E-state index contributed by atoms with van der Waals surface area (Å²) in [6, 6.07) is 16.2. The van der Waals surface area contributed by atoms with Crippen LogP contribution in [-0.2, 0) is 29.0 Å². The first-order chi connectivity index (χ1) is 17.0. The second-order valence-electron chi connectivity index (χ2n) is 11.2. The predicted molar refractivity (Wildman–Crippen MR) is 142 cm³/mol. The van der Waals surface area contributed by atoms with Crippen molar-refractivity contribution in [2.75, 3.05) is 6.61 Å². The summed E-state index contributed by atoms with van der Waals surface area (Å²) in [5.74, 6) is 4.60. The molecule has 0 aliphatic heterocycles. The molecule has 0 spiro atoms. The molecule has 4 rings (SSSR count). The molecule has 3 heteroatoms. The SMILES string of the molecule is CCCCCC(C)CCC1C(C)CC2Cc3c(cccc3OCC(=O)OCc3ccccc3)CC21. The summed E-state index contributed by atoms with van der Waals surface area (Å²) in [6.07, 6.45) is 11.8. The Hall–Kier alpha value is -2.29. The highest BCUT2D eigenvalue weighted by Crippen LogP contribution is 2.51. The van der Waals surface area contributed by atoms with E-state index in [4.69, 9.17) is 9.47 Å². The first-order valence-corrected chi connectivity index (χ1v) is 14.0. The van der Waals surface area contributed by atoms with E-state index in [2.05, 4.69) is 32.9 Å². The van der Waals surface area contributed by atoms with Crippen LogP contribution in [0.4, 0.5) is 0 Å². The van der Waals surface area contributed by atoms with Gasteiger partial charge < -0.3 is 9.47 Å². The van der Waals surface area contributed by atoms with Gasteiger partial charge >= 0.3 is 5.97 Å². The zero-order chi connectivity index (χ0) is 24.6. The molecule has 0 N–H and O–H groups in total. The molecule has 35 heavy (non-hydrogen) atoms. The Morgan fingerprint density at radius 1 is 1.03 bits per heavy atom. The van der Waals surface area contributed by atoms with Gasteiger partial charge in [-0.3, -0.25) is 0 Å². The zero-order valence-corrected chi connectivity index (χ0v) is 22.0. The second-order valence-corrected chi connectivity index (χ2v) is 11.2. The summed E-state index contributed by atoms with van der Waals surface area (Å²) in [4.78, 5) is 12.3. The number of hydrogen-bond donors (Lipinski definition) is 0. The van der Waals surface area contributed by atoms with Crippen molar-refractivity contribution in [3.63, 3.8) is 0 Å². The first-order valence-electron chi connectivity index (χ1n) is 14.0. The van der Waals surface area contributed by atoms with Gasteiger partial charge in [-0.15, -0.1) is 0 Å². The number of carbonyl (C=O) groups excluding carboxylic acids is 1.